The second-order valence-corrected chi connectivity index (χ2v) is 5.48. The minimum absolute atomic E-state index is 0.426. The molecule has 2 aromatic rings. The molecule has 0 saturated heterocycles. The van der Waals surface area contributed by atoms with Crippen LogP contribution >= 0.6 is 22.6 Å². The number of nitrogens with two attached hydrogens (primary N) is 1. The van der Waals surface area contributed by atoms with Crippen LogP contribution in [-0.2, 0) is 6.54 Å². The summed E-state index contributed by atoms with van der Waals surface area (Å²) in [5, 5.41) is 4.27. The lowest BCUT2D eigenvalue weighted by molar-refractivity contribution is 0.685. The van der Waals surface area contributed by atoms with Crippen LogP contribution in [0.3, 0.4) is 0 Å². The first-order valence-electron chi connectivity index (χ1n) is 5.66. The molecule has 2 N–H and O–H groups in total. The van der Waals surface area contributed by atoms with Crippen molar-refractivity contribution >= 4 is 22.6 Å². The van der Waals surface area contributed by atoms with E-state index in [1.807, 2.05) is 17.1 Å². The smallest absolute Gasteiger partial charge is 0.0659 e. The summed E-state index contributed by atoms with van der Waals surface area (Å²) in [4.78, 5) is 0. The molecular weight excluding hydrogens is 325 g/mol. The Morgan fingerprint density at radius 1 is 1.35 bits per heavy atom. The predicted octanol–water partition coefficient (Wildman–Crippen LogP) is 2.60. The summed E-state index contributed by atoms with van der Waals surface area (Å²) in [6, 6.07) is 8.61. The zero-order chi connectivity index (χ0) is 12.3. The van der Waals surface area contributed by atoms with Crippen molar-refractivity contribution in [1.29, 1.82) is 0 Å². The minimum atomic E-state index is 0.426. The molecule has 1 aromatic carbocycles. The van der Waals surface area contributed by atoms with Gasteiger partial charge in [0.05, 0.1) is 16.3 Å². The summed E-state index contributed by atoms with van der Waals surface area (Å²) in [6.45, 7) is 3.65. The van der Waals surface area contributed by atoms with Crippen LogP contribution in [0.15, 0.2) is 36.7 Å². The van der Waals surface area contributed by atoms with Crippen LogP contribution < -0.4 is 5.73 Å². The van der Waals surface area contributed by atoms with Gasteiger partial charge in [0.2, 0.25) is 0 Å². The minimum Gasteiger partial charge on any atom is -0.330 e. The second-order valence-electron chi connectivity index (χ2n) is 4.23. The van der Waals surface area contributed by atoms with E-state index in [-0.39, 0.29) is 0 Å². The molecule has 0 amide bonds. The van der Waals surface area contributed by atoms with Crippen LogP contribution in [0, 0.1) is 3.57 Å². The molecule has 0 aliphatic rings. The van der Waals surface area contributed by atoms with Crippen molar-refractivity contribution in [3.05, 3.63) is 51.4 Å². The first-order chi connectivity index (χ1) is 8.19. The van der Waals surface area contributed by atoms with Gasteiger partial charge in [0, 0.05) is 6.20 Å². The monoisotopic (exact) mass is 341 g/mol. The fraction of sp³-hybridized carbons (Fsp3) is 0.308. The quantitative estimate of drug-likeness (QED) is 0.869. The molecule has 1 aromatic heterocycles. The zero-order valence-electron chi connectivity index (χ0n) is 9.81. The normalized spacial score (nSPS) is 12.6. The maximum Gasteiger partial charge on any atom is 0.0659 e. The van der Waals surface area contributed by atoms with E-state index >= 15 is 0 Å². The van der Waals surface area contributed by atoms with E-state index in [2.05, 4.69) is 58.9 Å². The summed E-state index contributed by atoms with van der Waals surface area (Å²) < 4.78 is 3.11. The van der Waals surface area contributed by atoms with Crippen molar-refractivity contribution in [2.45, 2.75) is 19.4 Å². The molecule has 0 saturated carbocycles. The van der Waals surface area contributed by atoms with Gasteiger partial charge in [0.1, 0.15) is 0 Å². The van der Waals surface area contributed by atoms with Crippen molar-refractivity contribution in [2.24, 2.45) is 5.73 Å². The molecule has 4 heteroatoms. The summed E-state index contributed by atoms with van der Waals surface area (Å²) in [5.74, 6) is 0.426. The van der Waals surface area contributed by atoms with E-state index in [9.17, 15) is 0 Å². The number of hydrogen-bond donors (Lipinski definition) is 1. The summed E-state index contributed by atoms with van der Waals surface area (Å²) in [7, 11) is 0. The SMILES string of the molecule is CC(CN)c1ccc(Cn2cc(I)cn2)cc1. The third kappa shape index (κ3) is 3.29. The van der Waals surface area contributed by atoms with E-state index in [4.69, 9.17) is 5.73 Å². The Kier molecular flexibility index (Phi) is 4.17. The average Bonchev–Trinajstić information content (AvgIpc) is 2.75. The fourth-order valence-electron chi connectivity index (χ4n) is 1.70. The van der Waals surface area contributed by atoms with Crippen molar-refractivity contribution in [3.63, 3.8) is 0 Å². The molecule has 3 nitrogen and oxygen atoms in total. The average molecular weight is 341 g/mol. The lowest BCUT2D eigenvalue weighted by Crippen LogP contribution is -2.09. The molecular formula is C13H16IN3. The topological polar surface area (TPSA) is 43.8 Å². The van der Waals surface area contributed by atoms with E-state index in [0.29, 0.717) is 12.5 Å². The van der Waals surface area contributed by atoms with Crippen molar-refractivity contribution in [1.82, 2.24) is 9.78 Å². The van der Waals surface area contributed by atoms with Crippen LogP contribution in [0.4, 0.5) is 0 Å². The summed E-state index contributed by atoms with van der Waals surface area (Å²) >= 11 is 2.27. The zero-order valence-corrected chi connectivity index (χ0v) is 12.0. The van der Waals surface area contributed by atoms with Gasteiger partial charge in [-0.25, -0.2) is 0 Å². The highest BCUT2D eigenvalue weighted by Crippen LogP contribution is 2.15. The van der Waals surface area contributed by atoms with Crippen molar-refractivity contribution in [2.75, 3.05) is 6.54 Å². The first-order valence-corrected chi connectivity index (χ1v) is 6.74. The number of halogens is 1. The molecule has 90 valence electrons. The standard InChI is InChI=1S/C13H16IN3/c1-10(6-15)12-4-2-11(3-5-12)8-17-9-13(14)7-16-17/h2-5,7,9-10H,6,8,15H2,1H3. The van der Waals surface area contributed by atoms with E-state index in [1.54, 1.807) is 0 Å². The van der Waals surface area contributed by atoms with Gasteiger partial charge in [-0.3, -0.25) is 4.68 Å². The Bertz CT molecular complexity index is 476. The highest BCUT2D eigenvalue weighted by molar-refractivity contribution is 14.1. The Hall–Kier alpha value is -0.880. The van der Waals surface area contributed by atoms with Gasteiger partial charge in [-0.2, -0.15) is 5.10 Å². The van der Waals surface area contributed by atoms with Crippen LogP contribution in [0.25, 0.3) is 0 Å². The Balaban J connectivity index is 2.08. The molecule has 1 unspecified atom stereocenters. The van der Waals surface area contributed by atoms with Crippen LogP contribution in [-0.4, -0.2) is 16.3 Å². The fourth-order valence-corrected chi connectivity index (χ4v) is 2.15. The van der Waals surface area contributed by atoms with E-state index < -0.39 is 0 Å². The van der Waals surface area contributed by atoms with Gasteiger partial charge in [0.25, 0.3) is 0 Å². The molecule has 0 spiro atoms. The van der Waals surface area contributed by atoms with Crippen LogP contribution in [0.2, 0.25) is 0 Å². The summed E-state index contributed by atoms with van der Waals surface area (Å²) in [5.41, 5.74) is 8.21. The van der Waals surface area contributed by atoms with Crippen LogP contribution in [0.5, 0.6) is 0 Å². The number of hydrogen-bond acceptors (Lipinski definition) is 2. The third-order valence-electron chi connectivity index (χ3n) is 2.85. The first kappa shape index (κ1) is 12.6. The molecule has 0 radical (unpaired) electrons. The maximum absolute atomic E-state index is 5.65. The van der Waals surface area contributed by atoms with Gasteiger partial charge in [-0.05, 0) is 46.2 Å². The van der Waals surface area contributed by atoms with Gasteiger partial charge in [-0.1, -0.05) is 31.2 Å². The molecule has 0 aliphatic carbocycles. The highest BCUT2D eigenvalue weighted by Gasteiger charge is 2.03. The van der Waals surface area contributed by atoms with Crippen molar-refractivity contribution in [3.8, 4) is 0 Å². The molecule has 17 heavy (non-hydrogen) atoms. The van der Waals surface area contributed by atoms with Crippen molar-refractivity contribution < 1.29 is 0 Å². The molecule has 0 aliphatic heterocycles. The number of aromatic nitrogens is 2. The lowest BCUT2D eigenvalue weighted by Gasteiger charge is -2.09. The molecule has 2 rings (SSSR count). The highest BCUT2D eigenvalue weighted by atomic mass is 127. The Morgan fingerprint density at radius 3 is 2.59 bits per heavy atom. The maximum atomic E-state index is 5.65. The van der Waals surface area contributed by atoms with Gasteiger partial charge < -0.3 is 5.73 Å². The lowest BCUT2D eigenvalue weighted by atomic mass is 10.0. The molecule has 0 bridgehead atoms. The van der Waals surface area contributed by atoms with Gasteiger partial charge in [-0.15, -0.1) is 0 Å². The largest absolute Gasteiger partial charge is 0.330 e. The predicted molar refractivity (Wildman–Crippen MR) is 78.0 cm³/mol. The van der Waals surface area contributed by atoms with Gasteiger partial charge >= 0.3 is 0 Å². The van der Waals surface area contributed by atoms with E-state index in [0.717, 1.165) is 10.1 Å². The number of rotatable bonds is 4. The number of nitrogens with zero attached hydrogens (tertiary/aromatic N) is 2. The Morgan fingerprint density at radius 2 is 2.06 bits per heavy atom. The second kappa shape index (κ2) is 5.64. The molecule has 1 heterocycles. The van der Waals surface area contributed by atoms with E-state index in [1.165, 1.54) is 11.1 Å². The molecule has 1 atom stereocenters. The van der Waals surface area contributed by atoms with Gasteiger partial charge in [0.15, 0.2) is 0 Å². The Labute approximate surface area is 115 Å². The third-order valence-corrected chi connectivity index (χ3v) is 3.41. The number of benzene rings is 1. The molecule has 0 fully saturated rings. The summed E-state index contributed by atoms with van der Waals surface area (Å²) in [6.07, 6.45) is 3.91. The van der Waals surface area contributed by atoms with Crippen LogP contribution in [0.1, 0.15) is 24.0 Å².